The SMILES string of the molecule is CN(CCOc1ccccc1F)C(=O)c1cnn(Cc2ccccc2Cl)c1. The maximum atomic E-state index is 13.5. The molecule has 27 heavy (non-hydrogen) atoms. The fourth-order valence-corrected chi connectivity index (χ4v) is 2.73. The van der Waals surface area contributed by atoms with Crippen LogP contribution in [0.5, 0.6) is 5.75 Å². The third-order valence-corrected chi connectivity index (χ3v) is 4.41. The van der Waals surface area contributed by atoms with Crippen molar-refractivity contribution in [1.29, 1.82) is 0 Å². The van der Waals surface area contributed by atoms with E-state index in [-0.39, 0.29) is 18.3 Å². The second-order valence-corrected chi connectivity index (χ2v) is 6.43. The average molecular weight is 388 g/mol. The molecule has 140 valence electrons. The number of benzene rings is 2. The summed E-state index contributed by atoms with van der Waals surface area (Å²) in [6, 6.07) is 13.7. The first kappa shape index (κ1) is 18.9. The van der Waals surface area contributed by atoms with Gasteiger partial charge in [-0.1, -0.05) is 41.9 Å². The number of aromatic nitrogens is 2. The van der Waals surface area contributed by atoms with E-state index in [9.17, 15) is 9.18 Å². The van der Waals surface area contributed by atoms with Gasteiger partial charge in [-0.3, -0.25) is 9.48 Å². The summed E-state index contributed by atoms with van der Waals surface area (Å²) in [7, 11) is 1.67. The lowest BCUT2D eigenvalue weighted by Gasteiger charge is -2.16. The zero-order valence-corrected chi connectivity index (χ0v) is 15.6. The van der Waals surface area contributed by atoms with Crippen LogP contribution >= 0.6 is 11.6 Å². The number of carbonyl (C=O) groups excluding carboxylic acids is 1. The molecule has 0 N–H and O–H groups in total. The van der Waals surface area contributed by atoms with E-state index in [1.54, 1.807) is 36.1 Å². The van der Waals surface area contributed by atoms with Crippen molar-refractivity contribution in [3.8, 4) is 5.75 Å². The Morgan fingerprint density at radius 1 is 1.22 bits per heavy atom. The molecule has 7 heteroatoms. The van der Waals surface area contributed by atoms with Crippen LogP contribution < -0.4 is 4.74 Å². The number of amides is 1. The molecule has 0 unspecified atom stereocenters. The summed E-state index contributed by atoms with van der Waals surface area (Å²) in [6.45, 7) is 0.993. The summed E-state index contributed by atoms with van der Waals surface area (Å²) in [6.07, 6.45) is 3.20. The minimum atomic E-state index is -0.424. The molecule has 0 radical (unpaired) electrons. The number of likely N-dealkylation sites (N-methyl/N-ethyl adjacent to an activating group) is 1. The molecule has 3 rings (SSSR count). The monoisotopic (exact) mass is 387 g/mol. The number of nitrogens with zero attached hydrogens (tertiary/aromatic N) is 3. The Morgan fingerprint density at radius 3 is 2.74 bits per heavy atom. The first-order valence-electron chi connectivity index (χ1n) is 8.43. The van der Waals surface area contributed by atoms with Gasteiger partial charge >= 0.3 is 0 Å². The highest BCUT2D eigenvalue weighted by atomic mass is 35.5. The summed E-state index contributed by atoms with van der Waals surface area (Å²) in [5.74, 6) is -0.434. The van der Waals surface area contributed by atoms with Gasteiger partial charge in [-0.2, -0.15) is 5.10 Å². The number of rotatable bonds is 7. The Bertz CT molecular complexity index is 929. The zero-order valence-electron chi connectivity index (χ0n) is 14.8. The first-order chi connectivity index (χ1) is 13.0. The van der Waals surface area contributed by atoms with Crippen LogP contribution in [0.4, 0.5) is 4.39 Å². The van der Waals surface area contributed by atoms with Crippen molar-refractivity contribution in [2.45, 2.75) is 6.54 Å². The van der Waals surface area contributed by atoms with Gasteiger partial charge in [0, 0.05) is 18.3 Å². The molecule has 0 saturated heterocycles. The van der Waals surface area contributed by atoms with Crippen molar-refractivity contribution in [3.63, 3.8) is 0 Å². The number of hydrogen-bond donors (Lipinski definition) is 0. The predicted octanol–water partition coefficient (Wildman–Crippen LogP) is 3.87. The zero-order chi connectivity index (χ0) is 19.2. The summed E-state index contributed by atoms with van der Waals surface area (Å²) >= 11 is 6.16. The average Bonchev–Trinajstić information content (AvgIpc) is 3.13. The van der Waals surface area contributed by atoms with Crippen LogP contribution in [-0.4, -0.2) is 40.8 Å². The van der Waals surface area contributed by atoms with Gasteiger partial charge in [-0.25, -0.2) is 4.39 Å². The number of carbonyl (C=O) groups is 1. The van der Waals surface area contributed by atoms with Crippen LogP contribution in [0.15, 0.2) is 60.9 Å². The number of hydrogen-bond acceptors (Lipinski definition) is 3. The topological polar surface area (TPSA) is 47.4 Å². The molecule has 2 aromatic carbocycles. The fourth-order valence-electron chi connectivity index (χ4n) is 2.54. The lowest BCUT2D eigenvalue weighted by Crippen LogP contribution is -2.30. The van der Waals surface area contributed by atoms with Crippen LogP contribution in [0.25, 0.3) is 0 Å². The van der Waals surface area contributed by atoms with Gasteiger partial charge in [0.15, 0.2) is 11.6 Å². The molecule has 0 fully saturated rings. The number of ether oxygens (including phenoxy) is 1. The third kappa shape index (κ3) is 4.86. The van der Waals surface area contributed by atoms with Gasteiger partial charge in [-0.05, 0) is 23.8 Å². The van der Waals surface area contributed by atoms with Gasteiger partial charge < -0.3 is 9.64 Å². The Balaban J connectivity index is 1.55. The standard InChI is InChI=1S/C20H19ClFN3O2/c1-24(10-11-27-19-9-5-4-8-18(19)22)20(26)16-12-23-25(14-16)13-15-6-2-3-7-17(15)21/h2-9,12,14H,10-11,13H2,1H3. The minimum Gasteiger partial charge on any atom is -0.489 e. The van der Waals surface area contributed by atoms with Crippen molar-refractivity contribution in [2.75, 3.05) is 20.2 Å². The predicted molar refractivity (Wildman–Crippen MR) is 102 cm³/mol. The minimum absolute atomic E-state index is 0.172. The van der Waals surface area contributed by atoms with E-state index in [2.05, 4.69) is 5.10 Å². The largest absolute Gasteiger partial charge is 0.489 e. The first-order valence-corrected chi connectivity index (χ1v) is 8.81. The summed E-state index contributed by atoms with van der Waals surface area (Å²) in [4.78, 5) is 14.0. The number of halogens is 2. The number of para-hydroxylation sites is 1. The highest BCUT2D eigenvalue weighted by Gasteiger charge is 2.14. The van der Waals surface area contributed by atoms with Crippen LogP contribution in [0, 0.1) is 5.82 Å². The normalized spacial score (nSPS) is 10.6. The molecular weight excluding hydrogens is 369 g/mol. The van der Waals surface area contributed by atoms with E-state index in [0.717, 1.165) is 5.56 Å². The van der Waals surface area contributed by atoms with Crippen molar-refractivity contribution < 1.29 is 13.9 Å². The molecule has 0 aliphatic heterocycles. The van der Waals surface area contributed by atoms with Gasteiger partial charge in [0.25, 0.3) is 5.91 Å². The second-order valence-electron chi connectivity index (χ2n) is 6.02. The van der Waals surface area contributed by atoms with E-state index in [4.69, 9.17) is 16.3 Å². The van der Waals surface area contributed by atoms with Crippen molar-refractivity contribution >= 4 is 17.5 Å². The second kappa shape index (κ2) is 8.68. The maximum absolute atomic E-state index is 13.5. The molecular formula is C20H19ClFN3O2. The molecule has 0 bridgehead atoms. The summed E-state index contributed by atoms with van der Waals surface area (Å²) < 4.78 is 20.6. The van der Waals surface area contributed by atoms with E-state index >= 15 is 0 Å². The Hall–Kier alpha value is -2.86. The van der Waals surface area contributed by atoms with E-state index < -0.39 is 5.82 Å². The maximum Gasteiger partial charge on any atom is 0.256 e. The lowest BCUT2D eigenvalue weighted by molar-refractivity contribution is 0.0773. The molecule has 0 aliphatic carbocycles. The van der Waals surface area contributed by atoms with Gasteiger partial charge in [0.1, 0.15) is 6.61 Å². The molecule has 1 aromatic heterocycles. The van der Waals surface area contributed by atoms with Crippen molar-refractivity contribution in [1.82, 2.24) is 14.7 Å². The van der Waals surface area contributed by atoms with Crippen LogP contribution in [-0.2, 0) is 6.54 Å². The Kier molecular flexibility index (Phi) is 6.08. The highest BCUT2D eigenvalue weighted by Crippen LogP contribution is 2.17. The van der Waals surface area contributed by atoms with Crippen LogP contribution in [0.1, 0.15) is 15.9 Å². The quantitative estimate of drug-likeness (QED) is 0.618. The molecule has 0 atom stereocenters. The highest BCUT2D eigenvalue weighted by molar-refractivity contribution is 6.31. The molecule has 5 nitrogen and oxygen atoms in total. The molecule has 0 aliphatic rings. The van der Waals surface area contributed by atoms with Crippen molar-refractivity contribution in [2.24, 2.45) is 0 Å². The molecule has 1 amide bonds. The summed E-state index contributed by atoms with van der Waals surface area (Å²) in [5.41, 5.74) is 1.39. The van der Waals surface area contributed by atoms with E-state index in [1.807, 2.05) is 24.3 Å². The molecule has 0 spiro atoms. The van der Waals surface area contributed by atoms with Gasteiger partial charge in [0.05, 0.1) is 24.8 Å². The van der Waals surface area contributed by atoms with E-state index in [1.165, 1.54) is 17.2 Å². The van der Waals surface area contributed by atoms with Gasteiger partial charge in [-0.15, -0.1) is 0 Å². The Morgan fingerprint density at radius 2 is 1.96 bits per heavy atom. The van der Waals surface area contributed by atoms with Crippen LogP contribution in [0.2, 0.25) is 5.02 Å². The lowest BCUT2D eigenvalue weighted by atomic mass is 10.2. The van der Waals surface area contributed by atoms with Crippen molar-refractivity contribution in [3.05, 3.63) is 82.9 Å². The molecule has 1 heterocycles. The summed E-state index contributed by atoms with van der Waals surface area (Å²) in [5, 5.41) is 4.88. The third-order valence-electron chi connectivity index (χ3n) is 4.04. The van der Waals surface area contributed by atoms with Crippen LogP contribution in [0.3, 0.4) is 0 Å². The smallest absolute Gasteiger partial charge is 0.256 e. The van der Waals surface area contributed by atoms with E-state index in [0.29, 0.717) is 23.7 Å². The fraction of sp³-hybridized carbons (Fsp3) is 0.200. The molecule has 0 saturated carbocycles. The molecule has 3 aromatic rings. The van der Waals surface area contributed by atoms with Gasteiger partial charge in [0.2, 0.25) is 0 Å². The Labute approximate surface area is 161 Å².